The van der Waals surface area contributed by atoms with Gasteiger partial charge >= 0.3 is 24.2 Å². The van der Waals surface area contributed by atoms with E-state index in [1.165, 1.54) is 12.0 Å². The van der Waals surface area contributed by atoms with Crippen LogP contribution in [0.1, 0.15) is 62.6 Å². The second-order valence-corrected chi connectivity index (χ2v) is 10.8. The van der Waals surface area contributed by atoms with Gasteiger partial charge in [0, 0.05) is 13.0 Å². The van der Waals surface area contributed by atoms with E-state index < -0.39 is 42.4 Å². The predicted molar refractivity (Wildman–Crippen MR) is 146 cm³/mol. The highest BCUT2D eigenvalue weighted by molar-refractivity contribution is 5.88. The minimum absolute atomic E-state index is 0.0516. The van der Waals surface area contributed by atoms with Crippen LogP contribution >= 0.6 is 0 Å². The molecular formula is C29H38F3N3O7. The number of aliphatic carboxylic acids is 1. The average molecular weight is 598 g/mol. The summed E-state index contributed by atoms with van der Waals surface area (Å²) in [5, 5.41) is 10.5. The molecule has 4 rings (SSSR count). The Bertz CT molecular complexity index is 1170. The maximum Gasteiger partial charge on any atom is 0.490 e. The number of methoxy groups -OCH3 is 1. The third-order valence-electron chi connectivity index (χ3n) is 7.45. The molecule has 0 radical (unpaired) electrons. The highest BCUT2D eigenvalue weighted by Crippen LogP contribution is 2.30. The molecule has 1 fully saturated rings. The van der Waals surface area contributed by atoms with Crippen LogP contribution in [0.2, 0.25) is 0 Å². The van der Waals surface area contributed by atoms with Crippen LogP contribution in [-0.4, -0.2) is 83.4 Å². The van der Waals surface area contributed by atoms with E-state index in [0.29, 0.717) is 13.1 Å². The molecule has 2 amide bonds. The van der Waals surface area contributed by atoms with Crippen molar-refractivity contribution in [3.8, 4) is 0 Å². The molecule has 4 bridgehead atoms. The van der Waals surface area contributed by atoms with Gasteiger partial charge in [0.15, 0.2) is 0 Å². The molecule has 1 aromatic carbocycles. The summed E-state index contributed by atoms with van der Waals surface area (Å²) < 4.78 is 42.6. The number of carbonyl (C=O) groups excluding carboxylic acids is 3. The fourth-order valence-electron chi connectivity index (χ4n) is 5.25. The van der Waals surface area contributed by atoms with E-state index >= 15 is 0 Å². The zero-order chi connectivity index (χ0) is 31.0. The van der Waals surface area contributed by atoms with Crippen molar-refractivity contribution in [1.29, 1.82) is 0 Å². The van der Waals surface area contributed by atoms with Gasteiger partial charge in [-0.15, -0.1) is 0 Å². The van der Waals surface area contributed by atoms with Crippen LogP contribution in [-0.2, 0) is 36.9 Å². The zero-order valence-electron chi connectivity index (χ0n) is 24.0. The summed E-state index contributed by atoms with van der Waals surface area (Å²) in [5.74, 6) is -3.33. The van der Waals surface area contributed by atoms with Crippen molar-refractivity contribution >= 4 is 30.0 Å². The number of hydrogen-bond donors (Lipinski definition) is 2. The number of carboxylic acid groups (broad SMARTS) is 1. The normalized spacial score (nSPS) is 24.1. The monoisotopic (exact) mass is 597 g/mol. The lowest BCUT2D eigenvalue weighted by Crippen LogP contribution is -2.53. The fourth-order valence-corrected chi connectivity index (χ4v) is 5.25. The highest BCUT2D eigenvalue weighted by atomic mass is 19.4. The lowest BCUT2D eigenvalue weighted by molar-refractivity contribution is -0.192. The quantitative estimate of drug-likeness (QED) is 0.488. The molecule has 0 spiro atoms. The molecule has 3 atom stereocenters. The first-order chi connectivity index (χ1) is 19.8. The fraction of sp³-hybridized carbons (Fsp3) is 0.586. The SMILES string of the molecule is COC(=O)[C@@H]1C[C@@H]2CN1C(=O)[C@H](C(C)C)NCCCCC/C=C/c1cccc3c1CN(C3)C(=O)O2.O=C(O)C(F)(F)F. The lowest BCUT2D eigenvalue weighted by atomic mass is 10.0. The number of halogens is 3. The number of allylic oxidation sites excluding steroid dienone is 1. The Hall–Kier alpha value is -3.61. The molecule has 0 saturated carbocycles. The molecule has 232 valence electrons. The van der Waals surface area contributed by atoms with E-state index in [4.69, 9.17) is 19.4 Å². The number of amides is 2. The van der Waals surface area contributed by atoms with Crippen molar-refractivity contribution in [2.75, 3.05) is 20.2 Å². The average Bonchev–Trinajstić information content (AvgIpc) is 3.56. The summed E-state index contributed by atoms with van der Waals surface area (Å²) in [4.78, 5) is 51.3. The van der Waals surface area contributed by atoms with Crippen LogP contribution in [0.15, 0.2) is 24.3 Å². The summed E-state index contributed by atoms with van der Waals surface area (Å²) in [5.41, 5.74) is 3.42. The van der Waals surface area contributed by atoms with E-state index in [2.05, 4.69) is 23.5 Å². The van der Waals surface area contributed by atoms with Crippen molar-refractivity contribution in [3.63, 3.8) is 0 Å². The topological polar surface area (TPSA) is 125 Å². The van der Waals surface area contributed by atoms with Gasteiger partial charge in [-0.25, -0.2) is 14.4 Å². The van der Waals surface area contributed by atoms with E-state index in [-0.39, 0.29) is 24.8 Å². The van der Waals surface area contributed by atoms with Crippen molar-refractivity contribution in [2.45, 2.75) is 83.4 Å². The summed E-state index contributed by atoms with van der Waals surface area (Å²) in [6.07, 6.45) is 2.63. The van der Waals surface area contributed by atoms with Crippen LogP contribution < -0.4 is 5.32 Å². The van der Waals surface area contributed by atoms with Gasteiger partial charge in [0.1, 0.15) is 12.1 Å². The molecule has 3 aliphatic heterocycles. The van der Waals surface area contributed by atoms with Crippen molar-refractivity contribution in [1.82, 2.24) is 15.1 Å². The molecule has 1 saturated heterocycles. The molecule has 10 nitrogen and oxygen atoms in total. The van der Waals surface area contributed by atoms with Crippen LogP contribution in [0.4, 0.5) is 18.0 Å². The molecule has 42 heavy (non-hydrogen) atoms. The number of rotatable bonds is 2. The summed E-state index contributed by atoms with van der Waals surface area (Å²) >= 11 is 0. The van der Waals surface area contributed by atoms with E-state index in [9.17, 15) is 27.6 Å². The Balaban J connectivity index is 0.000000616. The Labute approximate surface area is 242 Å². The van der Waals surface area contributed by atoms with Gasteiger partial charge in [-0.05, 0) is 48.4 Å². The molecule has 0 aliphatic carbocycles. The number of esters is 1. The molecule has 0 aromatic heterocycles. The molecule has 13 heteroatoms. The first-order valence-electron chi connectivity index (χ1n) is 14.0. The van der Waals surface area contributed by atoms with Crippen molar-refractivity contribution in [3.05, 3.63) is 41.0 Å². The summed E-state index contributed by atoms with van der Waals surface area (Å²) in [7, 11) is 1.32. The van der Waals surface area contributed by atoms with Gasteiger partial charge in [0.05, 0.1) is 26.2 Å². The Morgan fingerprint density at radius 2 is 1.86 bits per heavy atom. The predicted octanol–water partition coefficient (Wildman–Crippen LogP) is 4.12. The zero-order valence-corrected chi connectivity index (χ0v) is 24.0. The van der Waals surface area contributed by atoms with E-state index in [1.807, 2.05) is 26.0 Å². The number of nitrogens with one attached hydrogen (secondary N) is 1. The smallest absolute Gasteiger partial charge is 0.475 e. The van der Waals surface area contributed by atoms with Crippen LogP contribution in [0.25, 0.3) is 6.08 Å². The third kappa shape index (κ3) is 8.46. The summed E-state index contributed by atoms with van der Waals surface area (Å²) in [6.45, 7) is 5.89. The largest absolute Gasteiger partial charge is 0.490 e. The Morgan fingerprint density at radius 3 is 2.50 bits per heavy atom. The number of fused-ring (bicyclic) bond motifs is 3. The maximum atomic E-state index is 13.5. The van der Waals surface area contributed by atoms with Crippen molar-refractivity contribution in [2.24, 2.45) is 5.92 Å². The van der Waals surface area contributed by atoms with E-state index in [0.717, 1.165) is 48.9 Å². The molecule has 0 unspecified atom stereocenters. The van der Waals surface area contributed by atoms with E-state index in [1.54, 1.807) is 4.90 Å². The van der Waals surface area contributed by atoms with Crippen LogP contribution in [0.3, 0.4) is 0 Å². The van der Waals surface area contributed by atoms with Gasteiger partial charge in [0.2, 0.25) is 5.91 Å². The Morgan fingerprint density at radius 1 is 1.14 bits per heavy atom. The van der Waals surface area contributed by atoms with Crippen LogP contribution in [0.5, 0.6) is 0 Å². The van der Waals surface area contributed by atoms with Gasteiger partial charge in [-0.3, -0.25) is 9.69 Å². The van der Waals surface area contributed by atoms with Gasteiger partial charge in [-0.2, -0.15) is 13.2 Å². The number of hydrogen-bond acceptors (Lipinski definition) is 7. The number of benzene rings is 1. The number of ether oxygens (including phenoxy) is 2. The second kappa shape index (κ2) is 14.5. The molecule has 3 heterocycles. The molecule has 2 N–H and O–H groups in total. The number of carboxylic acids is 1. The lowest BCUT2D eigenvalue weighted by Gasteiger charge is -2.30. The van der Waals surface area contributed by atoms with Gasteiger partial charge < -0.3 is 24.8 Å². The molecular weight excluding hydrogens is 559 g/mol. The van der Waals surface area contributed by atoms with Crippen molar-refractivity contribution < 1.29 is 46.9 Å². The second-order valence-electron chi connectivity index (χ2n) is 10.8. The maximum absolute atomic E-state index is 13.5. The first-order valence-corrected chi connectivity index (χ1v) is 14.0. The van der Waals surface area contributed by atoms with Gasteiger partial charge in [-0.1, -0.05) is 50.6 Å². The van der Waals surface area contributed by atoms with Gasteiger partial charge in [0.25, 0.3) is 0 Å². The van der Waals surface area contributed by atoms with Crippen LogP contribution in [0, 0.1) is 5.92 Å². The number of alkyl halides is 3. The minimum atomic E-state index is -5.08. The Kier molecular flexibility index (Phi) is 11.4. The minimum Gasteiger partial charge on any atom is -0.475 e. The first kappa shape index (κ1) is 32.9. The number of carbonyl (C=O) groups is 4. The summed E-state index contributed by atoms with van der Waals surface area (Å²) in [6, 6.07) is 4.99. The molecule has 1 aromatic rings. The standard InChI is InChI=1S/C27H37N3O5.C2HF3O2/c1-18(2)24-25(31)30-16-21(14-23(30)26(32)34-3)35-27(33)29-15-20-12-9-11-19(22(20)17-29)10-7-5-4-6-8-13-28-24;3-2(4,5)1(6)7/h7,9-12,18,21,23-24,28H,4-6,8,13-17H2,1-3H3;(H,6,7)/b10-7+;/t21-,23+,24+;/m1./s1. The number of nitrogens with zero attached hydrogens (tertiary/aromatic N) is 2. The highest BCUT2D eigenvalue weighted by Gasteiger charge is 2.45. The third-order valence-corrected chi connectivity index (χ3v) is 7.45. The molecule has 3 aliphatic rings.